The average Bonchev–Trinajstić information content (AvgIpc) is 2.71. The number of hydrogen-bond donors (Lipinski definition) is 0. The van der Waals surface area contributed by atoms with Crippen molar-refractivity contribution in [3.05, 3.63) is 95.3 Å². The van der Waals surface area contributed by atoms with Crippen molar-refractivity contribution in [1.29, 1.82) is 0 Å². The molecule has 0 aliphatic carbocycles. The molecule has 0 aromatic heterocycles. The molecule has 0 fully saturated rings. The Hall–Kier alpha value is -3.05. The third-order valence-corrected chi connectivity index (χ3v) is 5.07. The van der Waals surface area contributed by atoms with Crippen LogP contribution < -0.4 is 4.74 Å². The molecule has 0 saturated carbocycles. The molecule has 0 bridgehead atoms. The van der Waals surface area contributed by atoms with E-state index in [2.05, 4.69) is 31.9 Å². The summed E-state index contributed by atoms with van der Waals surface area (Å²) in [7, 11) is 0. The number of hydrogen-bond acceptors (Lipinski definition) is 1. The Morgan fingerprint density at radius 1 is 0.964 bits per heavy atom. The van der Waals surface area contributed by atoms with Crippen LogP contribution >= 0.6 is 0 Å². The van der Waals surface area contributed by atoms with Gasteiger partial charge in [-0.05, 0) is 72.2 Å². The Labute approximate surface area is 167 Å². The Bertz CT molecular complexity index is 950. The molecule has 0 aliphatic rings. The van der Waals surface area contributed by atoms with Crippen LogP contribution in [0.1, 0.15) is 43.4 Å². The molecule has 3 rings (SSSR count). The predicted molar refractivity (Wildman–Crippen MR) is 113 cm³/mol. The lowest BCUT2D eigenvalue weighted by Crippen LogP contribution is -2.17. The molecular formula is C26H25FO. The molecule has 0 spiro atoms. The Kier molecular flexibility index (Phi) is 6.16. The summed E-state index contributed by atoms with van der Waals surface area (Å²) in [6, 6.07) is 22.6. The summed E-state index contributed by atoms with van der Waals surface area (Å²) in [5.74, 6) is 3.21. The second-order valence-corrected chi connectivity index (χ2v) is 7.64. The van der Waals surface area contributed by atoms with Crippen LogP contribution in [0.25, 0.3) is 0 Å². The fourth-order valence-electron chi connectivity index (χ4n) is 3.29. The molecule has 0 unspecified atom stereocenters. The minimum absolute atomic E-state index is 0.0521. The highest BCUT2D eigenvalue weighted by atomic mass is 19.1. The molecular weight excluding hydrogens is 347 g/mol. The van der Waals surface area contributed by atoms with Crippen LogP contribution in [-0.2, 0) is 11.8 Å². The number of para-hydroxylation sites is 1. The van der Waals surface area contributed by atoms with Gasteiger partial charge in [-0.3, -0.25) is 0 Å². The van der Waals surface area contributed by atoms with Crippen molar-refractivity contribution < 1.29 is 9.13 Å². The van der Waals surface area contributed by atoms with Crippen molar-refractivity contribution in [3.8, 4) is 23.8 Å². The van der Waals surface area contributed by atoms with Gasteiger partial charge in [0.05, 0.1) is 0 Å². The fourth-order valence-corrected chi connectivity index (χ4v) is 3.29. The van der Waals surface area contributed by atoms with Crippen molar-refractivity contribution in [1.82, 2.24) is 0 Å². The highest BCUT2D eigenvalue weighted by Gasteiger charge is 2.20. The van der Waals surface area contributed by atoms with Crippen molar-refractivity contribution in [2.45, 2.75) is 38.5 Å². The minimum Gasteiger partial charge on any atom is -0.454 e. The maximum atomic E-state index is 14.1. The number of rotatable bonds is 7. The predicted octanol–water partition coefficient (Wildman–Crippen LogP) is 6.90. The van der Waals surface area contributed by atoms with Gasteiger partial charge in [0, 0.05) is 5.56 Å². The fraction of sp³-hybridized carbons (Fsp3) is 0.231. The zero-order chi connectivity index (χ0) is 20.0. The first-order valence-corrected chi connectivity index (χ1v) is 9.56. The zero-order valence-electron chi connectivity index (χ0n) is 16.4. The maximum Gasteiger partial charge on any atom is 0.165 e. The van der Waals surface area contributed by atoms with Crippen molar-refractivity contribution in [3.63, 3.8) is 0 Å². The Morgan fingerprint density at radius 2 is 1.68 bits per heavy atom. The van der Waals surface area contributed by atoms with E-state index in [9.17, 15) is 4.39 Å². The summed E-state index contributed by atoms with van der Waals surface area (Å²) >= 11 is 0. The van der Waals surface area contributed by atoms with E-state index in [0.717, 1.165) is 30.4 Å². The van der Waals surface area contributed by atoms with Crippen molar-refractivity contribution >= 4 is 0 Å². The summed E-state index contributed by atoms with van der Waals surface area (Å²) in [6.45, 7) is 4.49. The van der Waals surface area contributed by atoms with Crippen LogP contribution in [0.4, 0.5) is 4.39 Å². The topological polar surface area (TPSA) is 9.23 Å². The first-order chi connectivity index (χ1) is 13.5. The van der Waals surface area contributed by atoms with E-state index < -0.39 is 0 Å². The van der Waals surface area contributed by atoms with Crippen LogP contribution in [0.15, 0.2) is 72.8 Å². The smallest absolute Gasteiger partial charge is 0.165 e. The van der Waals surface area contributed by atoms with Gasteiger partial charge in [0.15, 0.2) is 11.6 Å². The van der Waals surface area contributed by atoms with E-state index in [1.165, 1.54) is 11.6 Å². The number of ether oxygens (including phenoxy) is 1. The van der Waals surface area contributed by atoms with E-state index in [1.807, 2.05) is 48.5 Å². The highest BCUT2D eigenvalue weighted by molar-refractivity contribution is 5.37. The average molecular weight is 372 g/mol. The van der Waals surface area contributed by atoms with Crippen LogP contribution in [0.3, 0.4) is 0 Å². The molecule has 0 N–H and O–H groups in total. The summed E-state index contributed by atoms with van der Waals surface area (Å²) in [5.41, 5.74) is 3.30. The first-order valence-electron chi connectivity index (χ1n) is 9.56. The largest absolute Gasteiger partial charge is 0.454 e. The van der Waals surface area contributed by atoms with Gasteiger partial charge >= 0.3 is 0 Å². The van der Waals surface area contributed by atoms with Gasteiger partial charge in [-0.2, -0.15) is 0 Å². The molecule has 0 radical (unpaired) electrons. The van der Waals surface area contributed by atoms with Gasteiger partial charge in [-0.25, -0.2) is 4.39 Å². The third-order valence-electron chi connectivity index (χ3n) is 5.07. The number of terminal acetylenes is 1. The molecule has 0 amide bonds. The normalized spacial score (nSPS) is 11.1. The van der Waals surface area contributed by atoms with Gasteiger partial charge in [0.1, 0.15) is 5.75 Å². The van der Waals surface area contributed by atoms with E-state index in [1.54, 1.807) is 6.07 Å². The third kappa shape index (κ3) is 5.02. The molecule has 3 aromatic rings. The van der Waals surface area contributed by atoms with Gasteiger partial charge in [-0.15, -0.1) is 6.42 Å². The van der Waals surface area contributed by atoms with Gasteiger partial charge in [0.2, 0.25) is 0 Å². The summed E-state index contributed by atoms with van der Waals surface area (Å²) in [6.07, 6.45) is 8.33. The van der Waals surface area contributed by atoms with Gasteiger partial charge in [-0.1, -0.05) is 56.2 Å². The summed E-state index contributed by atoms with van der Waals surface area (Å²) in [4.78, 5) is 0. The molecule has 0 saturated heterocycles. The lowest BCUT2D eigenvalue weighted by atomic mass is 9.79. The van der Waals surface area contributed by atoms with Crippen LogP contribution in [0, 0.1) is 18.2 Å². The monoisotopic (exact) mass is 372 g/mol. The van der Waals surface area contributed by atoms with Crippen LogP contribution in [-0.4, -0.2) is 0 Å². The molecule has 0 atom stereocenters. The number of benzene rings is 3. The molecule has 3 aromatic carbocycles. The molecule has 28 heavy (non-hydrogen) atoms. The summed E-state index contributed by atoms with van der Waals surface area (Å²) in [5, 5.41) is 0. The standard InChI is InChI=1S/C26H25FO/c1-4-20-12-15-22(16-13-20)26(2,3)18-8-9-21-14-17-24(27)25(19-21)28-23-10-6-5-7-11-23/h1,5-7,10-17,19H,8-9,18H2,2-3H3. The maximum absolute atomic E-state index is 14.1. The lowest BCUT2D eigenvalue weighted by Gasteiger charge is -2.25. The first kappa shape index (κ1) is 19.7. The number of halogens is 1. The summed E-state index contributed by atoms with van der Waals surface area (Å²) < 4.78 is 19.8. The van der Waals surface area contributed by atoms with Crippen molar-refractivity contribution in [2.75, 3.05) is 0 Å². The molecule has 142 valence electrons. The molecule has 0 heterocycles. The number of aryl methyl sites for hydroxylation is 1. The van der Waals surface area contributed by atoms with Gasteiger partial charge < -0.3 is 4.74 Å². The van der Waals surface area contributed by atoms with E-state index in [0.29, 0.717) is 5.75 Å². The molecule has 2 heteroatoms. The van der Waals surface area contributed by atoms with E-state index >= 15 is 0 Å². The molecule has 1 nitrogen and oxygen atoms in total. The van der Waals surface area contributed by atoms with Crippen molar-refractivity contribution in [2.24, 2.45) is 0 Å². The minimum atomic E-state index is -0.346. The second kappa shape index (κ2) is 8.76. The Balaban J connectivity index is 1.62. The van der Waals surface area contributed by atoms with E-state index in [4.69, 9.17) is 11.2 Å². The van der Waals surface area contributed by atoms with E-state index in [-0.39, 0.29) is 17.0 Å². The highest BCUT2D eigenvalue weighted by Crippen LogP contribution is 2.30. The zero-order valence-corrected chi connectivity index (χ0v) is 16.4. The van der Waals surface area contributed by atoms with Gasteiger partial charge in [0.25, 0.3) is 0 Å². The van der Waals surface area contributed by atoms with Crippen LogP contribution in [0.5, 0.6) is 11.5 Å². The molecule has 0 aliphatic heterocycles. The SMILES string of the molecule is C#Cc1ccc(C(C)(C)CCCc2ccc(F)c(Oc3ccccc3)c2)cc1. The quantitative estimate of drug-likeness (QED) is 0.410. The van der Waals surface area contributed by atoms with Crippen LogP contribution in [0.2, 0.25) is 0 Å². The Morgan fingerprint density at radius 3 is 2.36 bits per heavy atom. The second-order valence-electron chi connectivity index (χ2n) is 7.64. The lowest BCUT2D eigenvalue weighted by molar-refractivity contribution is 0.439.